The van der Waals surface area contributed by atoms with E-state index < -0.39 is 11.9 Å². The van der Waals surface area contributed by atoms with Gasteiger partial charge in [0, 0.05) is 23.7 Å². The highest BCUT2D eigenvalue weighted by atomic mass is 19.1. The summed E-state index contributed by atoms with van der Waals surface area (Å²) in [6.07, 6.45) is 3.30. The second-order valence-corrected chi connectivity index (χ2v) is 8.09. The minimum absolute atomic E-state index is 0.0327. The first-order valence-electron chi connectivity index (χ1n) is 10.8. The van der Waals surface area contributed by atoms with Crippen molar-refractivity contribution in [3.8, 4) is 17.0 Å². The van der Waals surface area contributed by atoms with Crippen LogP contribution in [0.1, 0.15) is 40.6 Å². The summed E-state index contributed by atoms with van der Waals surface area (Å²) in [6.45, 7) is 0.220. The topological polar surface area (TPSA) is 109 Å². The lowest BCUT2D eigenvalue weighted by atomic mass is 10.1. The molecule has 2 amide bonds. The van der Waals surface area contributed by atoms with Gasteiger partial charge in [0.15, 0.2) is 5.76 Å². The molecule has 9 heteroatoms. The van der Waals surface area contributed by atoms with E-state index in [1.54, 1.807) is 42.5 Å². The Kier molecular flexibility index (Phi) is 5.59. The molecule has 0 aliphatic heterocycles. The van der Waals surface area contributed by atoms with E-state index in [0.717, 1.165) is 24.1 Å². The maximum Gasteiger partial charge on any atom is 0.342 e. The molecule has 2 aromatic carbocycles. The monoisotopic (exact) mass is 460 g/mol. The van der Waals surface area contributed by atoms with Gasteiger partial charge in [0.05, 0.1) is 17.7 Å². The Morgan fingerprint density at radius 3 is 2.62 bits per heavy atom. The third-order valence-electron chi connectivity index (χ3n) is 5.56. The number of anilines is 1. The second kappa shape index (κ2) is 8.86. The molecule has 0 unspecified atom stereocenters. The number of carbonyl (C=O) groups excluding carboxylic acids is 2. The lowest BCUT2D eigenvalue weighted by Crippen LogP contribution is -2.30. The van der Waals surface area contributed by atoms with E-state index >= 15 is 0 Å². The van der Waals surface area contributed by atoms with Gasteiger partial charge in [0.25, 0.3) is 5.91 Å². The van der Waals surface area contributed by atoms with E-state index in [0.29, 0.717) is 16.9 Å². The van der Waals surface area contributed by atoms with Crippen LogP contribution < -0.4 is 10.6 Å². The van der Waals surface area contributed by atoms with E-state index in [4.69, 9.17) is 4.42 Å². The second-order valence-electron chi connectivity index (χ2n) is 8.09. The lowest BCUT2D eigenvalue weighted by Gasteiger charge is -2.08. The van der Waals surface area contributed by atoms with Crippen molar-refractivity contribution in [2.75, 3.05) is 5.32 Å². The van der Waals surface area contributed by atoms with Crippen LogP contribution in [0.25, 0.3) is 11.3 Å². The van der Waals surface area contributed by atoms with Crippen molar-refractivity contribution in [1.29, 1.82) is 0 Å². The van der Waals surface area contributed by atoms with E-state index in [9.17, 15) is 19.1 Å². The number of nitrogens with zero attached hydrogens (tertiary/aromatic N) is 2. The Morgan fingerprint density at radius 2 is 1.91 bits per heavy atom. The van der Waals surface area contributed by atoms with E-state index in [2.05, 4.69) is 15.7 Å². The highest BCUT2D eigenvalue weighted by Gasteiger charge is 2.30. The third kappa shape index (κ3) is 4.54. The summed E-state index contributed by atoms with van der Waals surface area (Å²) in [7, 11) is 0. The molecule has 3 N–H and O–H groups in total. The molecule has 0 bridgehead atoms. The van der Waals surface area contributed by atoms with Crippen molar-refractivity contribution in [3.63, 3.8) is 0 Å². The Morgan fingerprint density at radius 1 is 1.12 bits per heavy atom. The van der Waals surface area contributed by atoms with Crippen LogP contribution >= 0.6 is 0 Å². The van der Waals surface area contributed by atoms with Gasteiger partial charge in [0.2, 0.25) is 0 Å². The van der Waals surface area contributed by atoms with Crippen molar-refractivity contribution in [2.45, 2.75) is 25.3 Å². The molecule has 2 heterocycles. The first-order chi connectivity index (χ1) is 16.5. The number of phenols is 1. The summed E-state index contributed by atoms with van der Waals surface area (Å²) < 4.78 is 19.5. The number of hydrogen-bond donors (Lipinski definition) is 3. The number of phenolic OH excluding ortho intramolecular Hbond substituents is 1. The normalized spacial score (nSPS) is 13.0. The smallest absolute Gasteiger partial charge is 0.342 e. The number of aromatic hydroxyl groups is 1. The van der Waals surface area contributed by atoms with Crippen LogP contribution in [0, 0.1) is 5.82 Å². The van der Waals surface area contributed by atoms with Crippen LogP contribution in [0.4, 0.5) is 14.9 Å². The molecule has 34 heavy (non-hydrogen) atoms. The maximum absolute atomic E-state index is 13.1. The van der Waals surface area contributed by atoms with Crippen molar-refractivity contribution < 1.29 is 23.5 Å². The fourth-order valence-electron chi connectivity index (χ4n) is 3.63. The Balaban J connectivity index is 1.39. The standard InChI is InChI=1S/C25H21FN4O4/c26-17-7-3-15(4-8-17)14-27-25(33)30-21(16-5-6-16)13-20(29-30)19-12-18(9-10-22(19)31)28-24(32)23-2-1-11-34-23/h1-4,7-13,16,31H,5-6,14H2,(H,27,33)(H,28,32). The molecule has 0 spiro atoms. The number of aromatic nitrogens is 2. The predicted molar refractivity (Wildman–Crippen MR) is 122 cm³/mol. The molecule has 2 aromatic heterocycles. The van der Waals surface area contributed by atoms with Crippen LogP contribution in [0.5, 0.6) is 5.75 Å². The van der Waals surface area contributed by atoms with Crippen LogP contribution in [0.15, 0.2) is 71.3 Å². The minimum atomic E-state index is -0.425. The van der Waals surface area contributed by atoms with Crippen LogP contribution in [0.3, 0.4) is 0 Å². The fraction of sp³-hybridized carbons (Fsp3) is 0.160. The molecule has 4 aromatic rings. The predicted octanol–water partition coefficient (Wildman–Crippen LogP) is 4.88. The van der Waals surface area contributed by atoms with Gasteiger partial charge >= 0.3 is 6.03 Å². The van der Waals surface area contributed by atoms with Gasteiger partial charge in [-0.3, -0.25) is 4.79 Å². The zero-order chi connectivity index (χ0) is 23.7. The molecule has 5 rings (SSSR count). The Bertz CT molecular complexity index is 1340. The molecule has 0 atom stereocenters. The number of halogens is 1. The van der Waals surface area contributed by atoms with E-state index in [-0.39, 0.29) is 29.8 Å². The van der Waals surface area contributed by atoms with Crippen molar-refractivity contribution in [3.05, 3.63) is 89.8 Å². The third-order valence-corrected chi connectivity index (χ3v) is 5.56. The first-order valence-corrected chi connectivity index (χ1v) is 10.8. The molecule has 172 valence electrons. The largest absolute Gasteiger partial charge is 0.507 e. The van der Waals surface area contributed by atoms with E-state index in [1.165, 1.54) is 29.1 Å². The van der Waals surface area contributed by atoms with Gasteiger partial charge < -0.3 is 20.2 Å². The first kappa shape index (κ1) is 21.4. The molecule has 0 saturated heterocycles. The maximum atomic E-state index is 13.1. The Labute approximate surface area is 194 Å². The molecule has 1 aliphatic rings. The summed E-state index contributed by atoms with van der Waals surface area (Å²) in [6, 6.07) is 15.0. The highest BCUT2D eigenvalue weighted by molar-refractivity contribution is 6.02. The molecule has 0 radical (unpaired) electrons. The van der Waals surface area contributed by atoms with E-state index in [1.807, 2.05) is 0 Å². The molecule has 8 nitrogen and oxygen atoms in total. The van der Waals surface area contributed by atoms with Gasteiger partial charge in [-0.15, -0.1) is 0 Å². The van der Waals surface area contributed by atoms with Crippen LogP contribution in [0.2, 0.25) is 0 Å². The highest BCUT2D eigenvalue weighted by Crippen LogP contribution is 2.42. The molecule has 1 aliphatic carbocycles. The Hall–Kier alpha value is -4.40. The van der Waals surface area contributed by atoms with Crippen LogP contribution in [-0.4, -0.2) is 26.8 Å². The fourth-order valence-corrected chi connectivity index (χ4v) is 3.63. The summed E-state index contributed by atoms with van der Waals surface area (Å²) in [4.78, 5) is 25.2. The molecule has 1 saturated carbocycles. The van der Waals surface area contributed by atoms with Crippen molar-refractivity contribution in [2.24, 2.45) is 0 Å². The number of carbonyl (C=O) groups is 2. The van der Waals surface area contributed by atoms with Gasteiger partial charge in [-0.25, -0.2) is 9.18 Å². The summed E-state index contributed by atoms with van der Waals surface area (Å²) in [5, 5.41) is 20.4. The number of amides is 2. The van der Waals surface area contributed by atoms with Gasteiger partial charge in [-0.1, -0.05) is 12.1 Å². The summed E-state index contributed by atoms with van der Waals surface area (Å²) in [5.41, 5.74) is 2.73. The van der Waals surface area contributed by atoms with Gasteiger partial charge in [-0.05, 0) is 66.9 Å². The minimum Gasteiger partial charge on any atom is -0.507 e. The number of hydrogen-bond acceptors (Lipinski definition) is 5. The van der Waals surface area contributed by atoms with Crippen molar-refractivity contribution in [1.82, 2.24) is 15.1 Å². The average Bonchev–Trinajstić information content (AvgIpc) is 3.34. The molecular formula is C25H21FN4O4. The van der Waals surface area contributed by atoms with Crippen LogP contribution in [-0.2, 0) is 6.54 Å². The SMILES string of the molecule is O=C(Nc1ccc(O)c(-c2cc(C3CC3)n(C(=O)NCc3ccc(F)cc3)n2)c1)c1ccco1. The average molecular weight is 460 g/mol. The number of rotatable bonds is 6. The zero-order valence-corrected chi connectivity index (χ0v) is 18.0. The molecular weight excluding hydrogens is 439 g/mol. The number of furan rings is 1. The zero-order valence-electron chi connectivity index (χ0n) is 18.0. The number of benzene rings is 2. The summed E-state index contributed by atoms with van der Waals surface area (Å²) in [5.74, 6) is -0.430. The van der Waals surface area contributed by atoms with Crippen molar-refractivity contribution >= 4 is 17.6 Å². The summed E-state index contributed by atoms with van der Waals surface area (Å²) >= 11 is 0. The van der Waals surface area contributed by atoms with Gasteiger partial charge in [0.1, 0.15) is 11.6 Å². The van der Waals surface area contributed by atoms with Gasteiger partial charge in [-0.2, -0.15) is 9.78 Å². The lowest BCUT2D eigenvalue weighted by molar-refractivity contribution is 0.0996. The molecule has 1 fully saturated rings. The number of nitrogens with one attached hydrogen (secondary N) is 2. The quantitative estimate of drug-likeness (QED) is 0.356.